The molecule has 5 nitrogen and oxygen atoms in total. The third kappa shape index (κ3) is 3.51. The van der Waals surface area contributed by atoms with Gasteiger partial charge < -0.3 is 4.90 Å². The maximum atomic E-state index is 13.3. The van der Waals surface area contributed by atoms with Gasteiger partial charge >= 0.3 is 0 Å². The summed E-state index contributed by atoms with van der Waals surface area (Å²) in [5.41, 5.74) is 3.56. The number of benzene rings is 2. The van der Waals surface area contributed by atoms with Gasteiger partial charge in [-0.1, -0.05) is 42.5 Å². The molecule has 0 saturated heterocycles. The lowest BCUT2D eigenvalue weighted by molar-refractivity contribution is -0.137. The zero-order valence-electron chi connectivity index (χ0n) is 15.8. The molecule has 28 heavy (non-hydrogen) atoms. The highest BCUT2D eigenvalue weighted by atomic mass is 19.1. The summed E-state index contributed by atoms with van der Waals surface area (Å²) >= 11 is 0. The zero-order valence-corrected chi connectivity index (χ0v) is 15.8. The van der Waals surface area contributed by atoms with Crippen molar-refractivity contribution in [2.24, 2.45) is 0 Å². The predicted molar refractivity (Wildman–Crippen MR) is 105 cm³/mol. The minimum absolute atomic E-state index is 0.0316. The van der Waals surface area contributed by atoms with Gasteiger partial charge in [0.05, 0.1) is 12.2 Å². The van der Waals surface area contributed by atoms with Gasteiger partial charge in [-0.15, -0.1) is 0 Å². The lowest BCUT2D eigenvalue weighted by atomic mass is 10.0. The number of nitrogens with zero attached hydrogens (tertiary/aromatic N) is 4. The molecule has 0 spiro atoms. The van der Waals surface area contributed by atoms with Crippen LogP contribution in [-0.4, -0.2) is 39.8 Å². The Morgan fingerprint density at radius 2 is 1.79 bits per heavy atom. The molecule has 1 aliphatic heterocycles. The molecule has 0 unspecified atom stereocenters. The van der Waals surface area contributed by atoms with E-state index in [9.17, 15) is 9.18 Å². The second kappa shape index (κ2) is 7.48. The molecule has 1 aliphatic rings. The summed E-state index contributed by atoms with van der Waals surface area (Å²) in [7, 11) is 3.70. The topological polar surface area (TPSA) is 49.3 Å². The Morgan fingerprint density at radius 1 is 1.07 bits per heavy atom. The number of rotatable bonds is 4. The maximum Gasteiger partial charge on any atom is 0.245 e. The Morgan fingerprint density at radius 3 is 2.46 bits per heavy atom. The van der Waals surface area contributed by atoms with Crippen LogP contribution in [0.15, 0.2) is 60.8 Å². The lowest BCUT2D eigenvalue weighted by Gasteiger charge is -2.28. The summed E-state index contributed by atoms with van der Waals surface area (Å²) in [6, 6.07) is 15.4. The Balaban J connectivity index is 1.57. The fourth-order valence-corrected chi connectivity index (χ4v) is 3.52. The van der Waals surface area contributed by atoms with E-state index >= 15 is 0 Å². The van der Waals surface area contributed by atoms with Crippen LogP contribution in [0.3, 0.4) is 0 Å². The van der Waals surface area contributed by atoms with Crippen molar-refractivity contribution in [2.45, 2.75) is 19.1 Å². The van der Waals surface area contributed by atoms with Crippen molar-refractivity contribution in [3.8, 4) is 11.4 Å². The van der Waals surface area contributed by atoms with Gasteiger partial charge in [-0.3, -0.25) is 9.69 Å². The van der Waals surface area contributed by atoms with E-state index in [2.05, 4.69) is 9.97 Å². The van der Waals surface area contributed by atoms with Crippen LogP contribution in [0, 0.1) is 5.82 Å². The quantitative estimate of drug-likeness (QED) is 0.700. The maximum absolute atomic E-state index is 13.3. The van der Waals surface area contributed by atoms with Crippen molar-refractivity contribution in [1.82, 2.24) is 19.8 Å². The normalized spacial score (nSPS) is 14.2. The van der Waals surface area contributed by atoms with Gasteiger partial charge in [-0.25, -0.2) is 14.4 Å². The molecule has 1 aromatic heterocycles. The molecular formula is C22H21FN4O. The number of hydrogen-bond donors (Lipinski definition) is 0. The molecule has 6 heteroatoms. The molecule has 0 radical (unpaired) electrons. The van der Waals surface area contributed by atoms with Crippen molar-refractivity contribution in [3.05, 3.63) is 83.4 Å². The second-order valence-corrected chi connectivity index (χ2v) is 7.14. The molecule has 142 valence electrons. The molecule has 3 aromatic rings. The molecular weight excluding hydrogens is 355 g/mol. The van der Waals surface area contributed by atoms with Crippen molar-refractivity contribution in [2.75, 3.05) is 14.1 Å². The smallest absolute Gasteiger partial charge is 0.245 e. The van der Waals surface area contributed by atoms with Crippen LogP contribution < -0.4 is 0 Å². The van der Waals surface area contributed by atoms with Gasteiger partial charge in [-0.2, -0.15) is 0 Å². The predicted octanol–water partition coefficient (Wildman–Crippen LogP) is 3.43. The Kier molecular flexibility index (Phi) is 4.88. The van der Waals surface area contributed by atoms with Gasteiger partial charge in [0, 0.05) is 23.9 Å². The highest BCUT2D eigenvalue weighted by molar-refractivity contribution is 5.83. The largest absolute Gasteiger partial charge is 0.331 e. The van der Waals surface area contributed by atoms with Crippen LogP contribution in [0.2, 0.25) is 0 Å². The van der Waals surface area contributed by atoms with Gasteiger partial charge in [0.2, 0.25) is 5.91 Å². The molecule has 1 amide bonds. The molecule has 0 N–H and O–H groups in total. The SMILES string of the molecule is CN(C)[C@H](C(=O)N1Cc2cnc(-c3ccccc3)nc2C1)c1ccc(F)cc1. The molecule has 0 fully saturated rings. The fourth-order valence-electron chi connectivity index (χ4n) is 3.52. The molecule has 2 aromatic carbocycles. The first kappa shape index (κ1) is 18.3. The molecule has 1 atom stereocenters. The number of carbonyl (C=O) groups is 1. The summed E-state index contributed by atoms with van der Waals surface area (Å²) in [6.07, 6.45) is 1.81. The average Bonchev–Trinajstić information content (AvgIpc) is 3.13. The van der Waals surface area contributed by atoms with Crippen LogP contribution in [0.25, 0.3) is 11.4 Å². The van der Waals surface area contributed by atoms with Gasteiger partial charge in [0.25, 0.3) is 0 Å². The lowest BCUT2D eigenvalue weighted by Crippen LogP contribution is -2.37. The van der Waals surface area contributed by atoms with E-state index < -0.39 is 6.04 Å². The van der Waals surface area contributed by atoms with Crippen LogP contribution in [-0.2, 0) is 17.9 Å². The van der Waals surface area contributed by atoms with Gasteiger partial charge in [0.1, 0.15) is 11.9 Å². The molecule has 0 bridgehead atoms. The highest BCUT2D eigenvalue weighted by Gasteiger charge is 2.32. The summed E-state index contributed by atoms with van der Waals surface area (Å²) in [4.78, 5) is 26.0. The van der Waals surface area contributed by atoms with E-state index in [1.807, 2.05) is 49.3 Å². The zero-order chi connectivity index (χ0) is 19.7. The van der Waals surface area contributed by atoms with Crippen LogP contribution in [0.4, 0.5) is 4.39 Å². The summed E-state index contributed by atoms with van der Waals surface area (Å²) in [5.74, 6) is 0.318. The van der Waals surface area contributed by atoms with E-state index in [-0.39, 0.29) is 11.7 Å². The number of fused-ring (bicyclic) bond motifs is 1. The Labute approximate surface area is 163 Å². The monoisotopic (exact) mass is 376 g/mol. The van der Waals surface area contributed by atoms with Crippen molar-refractivity contribution < 1.29 is 9.18 Å². The highest BCUT2D eigenvalue weighted by Crippen LogP contribution is 2.28. The Hall–Kier alpha value is -3.12. The minimum atomic E-state index is -0.475. The summed E-state index contributed by atoms with van der Waals surface area (Å²) in [6.45, 7) is 0.927. The number of halogens is 1. The molecule has 4 rings (SSSR count). The first-order chi connectivity index (χ1) is 13.5. The van der Waals surface area contributed by atoms with E-state index in [4.69, 9.17) is 0 Å². The molecule has 2 heterocycles. The van der Waals surface area contributed by atoms with Crippen LogP contribution >= 0.6 is 0 Å². The van der Waals surface area contributed by atoms with Crippen molar-refractivity contribution >= 4 is 5.91 Å². The van der Waals surface area contributed by atoms with E-state index in [1.165, 1.54) is 12.1 Å². The van der Waals surface area contributed by atoms with Crippen LogP contribution in [0.1, 0.15) is 22.9 Å². The van der Waals surface area contributed by atoms with E-state index in [1.54, 1.807) is 23.2 Å². The number of carbonyl (C=O) groups excluding carboxylic acids is 1. The van der Waals surface area contributed by atoms with Crippen molar-refractivity contribution in [1.29, 1.82) is 0 Å². The number of hydrogen-bond acceptors (Lipinski definition) is 4. The average molecular weight is 376 g/mol. The molecule has 0 aliphatic carbocycles. The number of aromatic nitrogens is 2. The van der Waals surface area contributed by atoms with Gasteiger partial charge in [-0.05, 0) is 31.8 Å². The second-order valence-electron chi connectivity index (χ2n) is 7.14. The van der Waals surface area contributed by atoms with E-state index in [0.29, 0.717) is 18.9 Å². The first-order valence-corrected chi connectivity index (χ1v) is 9.14. The minimum Gasteiger partial charge on any atom is -0.331 e. The van der Waals surface area contributed by atoms with Gasteiger partial charge in [0.15, 0.2) is 5.82 Å². The van der Waals surface area contributed by atoms with Crippen molar-refractivity contribution in [3.63, 3.8) is 0 Å². The molecule has 0 saturated carbocycles. The fraction of sp³-hybridized carbons (Fsp3) is 0.227. The third-order valence-corrected chi connectivity index (χ3v) is 4.94. The number of likely N-dealkylation sites (N-methyl/N-ethyl adjacent to an activating group) is 1. The van der Waals surface area contributed by atoms with Crippen LogP contribution in [0.5, 0.6) is 0 Å². The van der Waals surface area contributed by atoms with E-state index in [0.717, 1.165) is 22.4 Å². The standard InChI is InChI=1S/C22H21FN4O/c1-26(2)20(15-8-10-18(23)11-9-15)22(28)27-13-17-12-24-21(25-19(17)14-27)16-6-4-3-5-7-16/h3-12,20H,13-14H2,1-2H3/t20-/m0/s1. The summed E-state index contributed by atoms with van der Waals surface area (Å²) in [5, 5.41) is 0. The first-order valence-electron chi connectivity index (χ1n) is 9.14. The summed E-state index contributed by atoms with van der Waals surface area (Å²) < 4.78 is 13.3. The number of amides is 1. The Bertz CT molecular complexity index is 989. The third-order valence-electron chi connectivity index (χ3n) is 4.94.